The number of nitrogens with one attached hydrogen (secondary N) is 3. The summed E-state index contributed by atoms with van der Waals surface area (Å²) < 4.78 is 33.3. The van der Waals surface area contributed by atoms with E-state index < -0.39 is 10.0 Å². The van der Waals surface area contributed by atoms with Gasteiger partial charge in [0.05, 0.1) is 7.11 Å². The van der Waals surface area contributed by atoms with Crippen LogP contribution in [0.1, 0.15) is 36.0 Å². The van der Waals surface area contributed by atoms with Crippen molar-refractivity contribution in [3.8, 4) is 5.75 Å². The number of hydrogen-bond donors (Lipinski definition) is 3. The summed E-state index contributed by atoms with van der Waals surface area (Å²) in [4.78, 5) is 26.9. The number of ether oxygens (including phenoxy) is 1. The Morgan fingerprint density at radius 2 is 1.67 bits per heavy atom. The van der Waals surface area contributed by atoms with Gasteiger partial charge in [-0.15, -0.1) is 0 Å². The molecule has 1 heterocycles. The lowest BCUT2D eigenvalue weighted by Gasteiger charge is -2.32. The zero-order valence-corrected chi connectivity index (χ0v) is 19.2. The Labute approximate surface area is 193 Å². The predicted molar refractivity (Wildman–Crippen MR) is 124 cm³/mol. The fourth-order valence-corrected chi connectivity index (χ4v) is 5.29. The fourth-order valence-electron chi connectivity index (χ4n) is 3.79. The number of benzene rings is 2. The van der Waals surface area contributed by atoms with E-state index in [2.05, 4.69) is 15.4 Å². The highest BCUT2D eigenvalue weighted by atomic mass is 32.2. The molecule has 1 saturated carbocycles. The Hall–Kier alpha value is -3.11. The normalized spacial score (nSPS) is 16.8. The van der Waals surface area contributed by atoms with Gasteiger partial charge < -0.3 is 20.3 Å². The van der Waals surface area contributed by atoms with Crippen LogP contribution in [0.25, 0.3) is 0 Å². The average molecular weight is 473 g/mol. The molecule has 9 nitrogen and oxygen atoms in total. The summed E-state index contributed by atoms with van der Waals surface area (Å²) in [5, 5.41) is 5.74. The predicted octanol–water partition coefficient (Wildman–Crippen LogP) is 2.56. The molecule has 0 unspecified atom stereocenters. The summed E-state index contributed by atoms with van der Waals surface area (Å²) in [6, 6.07) is 13.3. The van der Waals surface area contributed by atoms with Crippen LogP contribution in [-0.4, -0.2) is 57.5 Å². The third kappa shape index (κ3) is 5.82. The van der Waals surface area contributed by atoms with E-state index in [9.17, 15) is 18.0 Å². The first-order valence-electron chi connectivity index (χ1n) is 11.0. The fraction of sp³-hybridized carbons (Fsp3) is 0.391. The van der Waals surface area contributed by atoms with E-state index in [1.807, 2.05) is 30.3 Å². The Morgan fingerprint density at radius 1 is 0.970 bits per heavy atom. The van der Waals surface area contributed by atoms with Gasteiger partial charge >= 0.3 is 6.03 Å². The first-order chi connectivity index (χ1) is 15.9. The minimum Gasteiger partial charge on any atom is -0.495 e. The summed E-state index contributed by atoms with van der Waals surface area (Å²) in [6.45, 7) is 0.924. The molecule has 0 atom stereocenters. The quantitative estimate of drug-likeness (QED) is 0.573. The molecule has 176 valence electrons. The maximum absolute atomic E-state index is 13.1. The van der Waals surface area contributed by atoms with Gasteiger partial charge in [-0.05, 0) is 56.0 Å². The Kier molecular flexibility index (Phi) is 6.85. The number of hydrogen-bond acceptors (Lipinski definition) is 5. The summed E-state index contributed by atoms with van der Waals surface area (Å²) in [5.74, 6) is -0.0419. The van der Waals surface area contributed by atoms with Crippen molar-refractivity contribution < 1.29 is 22.7 Å². The van der Waals surface area contributed by atoms with Crippen molar-refractivity contribution in [3.63, 3.8) is 0 Å². The molecule has 1 aliphatic carbocycles. The molecule has 3 N–H and O–H groups in total. The molecule has 0 aromatic heterocycles. The number of urea groups is 1. The largest absolute Gasteiger partial charge is 0.495 e. The van der Waals surface area contributed by atoms with Gasteiger partial charge in [-0.25, -0.2) is 17.9 Å². The van der Waals surface area contributed by atoms with Crippen LogP contribution < -0.4 is 20.1 Å². The van der Waals surface area contributed by atoms with Gasteiger partial charge in [0.15, 0.2) is 0 Å². The van der Waals surface area contributed by atoms with E-state index >= 15 is 0 Å². The Balaban J connectivity index is 1.36. The second kappa shape index (κ2) is 9.80. The highest BCUT2D eigenvalue weighted by Crippen LogP contribution is 2.29. The number of nitrogens with zero attached hydrogens (tertiary/aromatic N) is 1. The Morgan fingerprint density at radius 3 is 2.30 bits per heavy atom. The van der Waals surface area contributed by atoms with Crippen molar-refractivity contribution in [2.45, 2.75) is 42.7 Å². The van der Waals surface area contributed by atoms with Crippen molar-refractivity contribution in [2.75, 3.05) is 25.5 Å². The molecule has 2 aliphatic rings. The maximum Gasteiger partial charge on any atom is 0.319 e. The van der Waals surface area contributed by atoms with Crippen LogP contribution in [0.5, 0.6) is 5.75 Å². The molecule has 2 aromatic rings. The van der Waals surface area contributed by atoms with E-state index in [1.165, 1.54) is 19.2 Å². The van der Waals surface area contributed by atoms with Gasteiger partial charge in [0.25, 0.3) is 5.91 Å². The molecule has 0 radical (unpaired) electrons. The number of piperidine rings is 1. The Bertz CT molecular complexity index is 1110. The van der Waals surface area contributed by atoms with Crippen LogP contribution in [0.3, 0.4) is 0 Å². The smallest absolute Gasteiger partial charge is 0.319 e. The van der Waals surface area contributed by atoms with Gasteiger partial charge in [0, 0.05) is 36.4 Å². The monoisotopic (exact) mass is 472 g/mol. The van der Waals surface area contributed by atoms with Crippen molar-refractivity contribution in [3.05, 3.63) is 54.1 Å². The van der Waals surface area contributed by atoms with Crippen molar-refractivity contribution >= 4 is 27.6 Å². The van der Waals surface area contributed by atoms with E-state index in [0.29, 0.717) is 37.2 Å². The lowest BCUT2D eigenvalue weighted by atomic mass is 10.0. The summed E-state index contributed by atoms with van der Waals surface area (Å²) in [6.07, 6.45) is 2.84. The molecular formula is C23H28N4O5S. The molecular weight excluding hydrogens is 444 g/mol. The van der Waals surface area contributed by atoms with Gasteiger partial charge in [-0.2, -0.15) is 0 Å². The number of para-hydroxylation sites is 1. The number of amides is 3. The molecule has 2 aromatic carbocycles. The first-order valence-corrected chi connectivity index (χ1v) is 12.5. The lowest BCUT2D eigenvalue weighted by molar-refractivity contribution is 0.0708. The summed E-state index contributed by atoms with van der Waals surface area (Å²) in [7, 11) is -2.37. The van der Waals surface area contributed by atoms with Gasteiger partial charge in [-0.3, -0.25) is 4.79 Å². The number of methoxy groups -OCH3 is 1. The average Bonchev–Trinajstić information content (AvgIpc) is 3.62. The number of likely N-dealkylation sites (tertiary alicyclic amines) is 1. The SMILES string of the molecule is COc1ccc(C(=O)N2CCC(NC(=O)Nc3ccccc3)CC2)cc1S(=O)(=O)NC1CC1. The zero-order chi connectivity index (χ0) is 23.4. The van der Waals surface area contributed by atoms with Crippen molar-refractivity contribution in [2.24, 2.45) is 0 Å². The number of anilines is 1. The summed E-state index contributed by atoms with van der Waals surface area (Å²) in [5.41, 5.74) is 1.00. The number of carbonyl (C=O) groups is 2. The van der Waals surface area contributed by atoms with Gasteiger partial charge in [-0.1, -0.05) is 18.2 Å². The minimum absolute atomic E-state index is 0.0307. The van der Waals surface area contributed by atoms with E-state index in [-0.39, 0.29) is 34.7 Å². The molecule has 4 rings (SSSR count). The third-order valence-corrected chi connectivity index (χ3v) is 7.29. The van der Waals surface area contributed by atoms with Crippen LogP contribution in [0, 0.1) is 0 Å². The van der Waals surface area contributed by atoms with Crippen LogP contribution in [0.15, 0.2) is 53.4 Å². The second-order valence-corrected chi connectivity index (χ2v) is 9.97. The van der Waals surface area contributed by atoms with Gasteiger partial charge in [0.1, 0.15) is 10.6 Å². The lowest BCUT2D eigenvalue weighted by Crippen LogP contribution is -2.47. The molecule has 2 fully saturated rings. The van der Waals surface area contributed by atoms with Crippen LogP contribution in [-0.2, 0) is 10.0 Å². The maximum atomic E-state index is 13.1. The standard InChI is InChI=1S/C23H28N4O5S/c1-32-20-10-7-16(15-21(20)33(30,31)26-19-8-9-19)22(28)27-13-11-18(12-14-27)25-23(29)24-17-5-3-2-4-6-17/h2-7,10,15,18-19,26H,8-9,11-14H2,1H3,(H2,24,25,29). The number of rotatable bonds is 7. The zero-order valence-electron chi connectivity index (χ0n) is 18.4. The highest BCUT2D eigenvalue weighted by Gasteiger charge is 2.31. The third-order valence-electron chi connectivity index (χ3n) is 5.75. The van der Waals surface area contributed by atoms with Crippen LogP contribution in [0.2, 0.25) is 0 Å². The number of sulfonamides is 1. The van der Waals surface area contributed by atoms with Gasteiger partial charge in [0.2, 0.25) is 10.0 Å². The van der Waals surface area contributed by atoms with Crippen molar-refractivity contribution in [1.82, 2.24) is 14.9 Å². The van der Waals surface area contributed by atoms with Crippen molar-refractivity contribution in [1.29, 1.82) is 0 Å². The minimum atomic E-state index is -3.77. The molecule has 0 spiro atoms. The van der Waals surface area contributed by atoms with E-state index in [0.717, 1.165) is 12.8 Å². The van der Waals surface area contributed by atoms with E-state index in [4.69, 9.17) is 4.74 Å². The first kappa shape index (κ1) is 23.1. The summed E-state index contributed by atoms with van der Waals surface area (Å²) >= 11 is 0. The second-order valence-electron chi connectivity index (χ2n) is 8.29. The molecule has 1 aliphatic heterocycles. The van der Waals surface area contributed by atoms with Crippen LogP contribution >= 0.6 is 0 Å². The number of carbonyl (C=O) groups excluding carboxylic acids is 2. The molecule has 0 bridgehead atoms. The van der Waals surface area contributed by atoms with Crippen LogP contribution in [0.4, 0.5) is 10.5 Å². The highest BCUT2D eigenvalue weighted by molar-refractivity contribution is 7.89. The molecule has 1 saturated heterocycles. The molecule has 3 amide bonds. The van der Waals surface area contributed by atoms with E-state index in [1.54, 1.807) is 11.0 Å². The molecule has 10 heteroatoms. The topological polar surface area (TPSA) is 117 Å². The molecule has 33 heavy (non-hydrogen) atoms.